The molecule has 3 heteroatoms. The van der Waals surface area contributed by atoms with Gasteiger partial charge in [0.15, 0.2) is 6.10 Å². The fourth-order valence-electron chi connectivity index (χ4n) is 1.96. The Labute approximate surface area is 130 Å². The van der Waals surface area contributed by atoms with Crippen LogP contribution in [0.25, 0.3) is 0 Å². The van der Waals surface area contributed by atoms with Crippen LogP contribution >= 0.6 is 0 Å². The third-order valence-corrected chi connectivity index (χ3v) is 3.32. The van der Waals surface area contributed by atoms with E-state index in [-0.39, 0.29) is 5.97 Å². The Morgan fingerprint density at radius 1 is 0.905 bits per heavy atom. The lowest BCUT2D eigenvalue weighted by Gasteiger charge is -2.12. The Bertz CT molecular complexity index is 274. The van der Waals surface area contributed by atoms with Crippen molar-refractivity contribution in [1.29, 1.82) is 0 Å². The van der Waals surface area contributed by atoms with Gasteiger partial charge in [-0.3, -0.25) is 0 Å². The summed E-state index contributed by atoms with van der Waals surface area (Å²) in [7, 11) is 0. The fraction of sp³-hybridized carbons (Fsp3) is 0.722. The number of allylic oxidation sites excluding steroid dienone is 1. The lowest BCUT2D eigenvalue weighted by Crippen LogP contribution is -2.24. The highest BCUT2D eigenvalue weighted by atomic mass is 16.6. The summed E-state index contributed by atoms with van der Waals surface area (Å²) < 4.78 is 10.5. The Balaban J connectivity index is 3.31. The Kier molecular flexibility index (Phi) is 14.5. The topological polar surface area (TPSA) is 35.5 Å². The van der Waals surface area contributed by atoms with Crippen molar-refractivity contribution in [2.24, 2.45) is 0 Å². The van der Waals surface area contributed by atoms with Crippen molar-refractivity contribution in [2.45, 2.75) is 70.8 Å². The van der Waals surface area contributed by atoms with E-state index in [9.17, 15) is 4.79 Å². The molecule has 0 aromatic heterocycles. The van der Waals surface area contributed by atoms with E-state index in [0.29, 0.717) is 13.2 Å². The first-order valence-corrected chi connectivity index (χ1v) is 8.22. The first-order valence-electron chi connectivity index (χ1n) is 8.22. The molecule has 0 spiro atoms. The van der Waals surface area contributed by atoms with Crippen LogP contribution in [0.3, 0.4) is 0 Å². The highest BCUT2D eigenvalue weighted by Gasteiger charge is 2.13. The van der Waals surface area contributed by atoms with Gasteiger partial charge in [0.05, 0.1) is 13.2 Å². The number of ether oxygens (including phenoxy) is 2. The van der Waals surface area contributed by atoms with Crippen molar-refractivity contribution >= 4 is 5.97 Å². The van der Waals surface area contributed by atoms with Crippen LogP contribution in [0.1, 0.15) is 64.7 Å². The van der Waals surface area contributed by atoms with Crippen molar-refractivity contribution in [2.75, 3.05) is 13.2 Å². The van der Waals surface area contributed by atoms with E-state index in [1.165, 1.54) is 32.1 Å². The molecular formula is C18H32O3. The minimum absolute atomic E-state index is 0.261. The average Bonchev–Trinajstić information content (AvgIpc) is 2.49. The van der Waals surface area contributed by atoms with E-state index in [4.69, 9.17) is 9.47 Å². The van der Waals surface area contributed by atoms with Crippen molar-refractivity contribution in [3.63, 3.8) is 0 Å². The maximum absolute atomic E-state index is 11.6. The number of carbonyl (C=O) groups is 1. The maximum Gasteiger partial charge on any atom is 0.334 e. The molecule has 0 amide bonds. The van der Waals surface area contributed by atoms with Gasteiger partial charge in [0.25, 0.3) is 0 Å². The average molecular weight is 296 g/mol. The third-order valence-electron chi connectivity index (χ3n) is 3.32. The van der Waals surface area contributed by atoms with Crippen LogP contribution in [0.2, 0.25) is 0 Å². The quantitative estimate of drug-likeness (QED) is 0.247. The lowest BCUT2D eigenvalue weighted by molar-refractivity contribution is -0.156. The summed E-state index contributed by atoms with van der Waals surface area (Å²) in [6.07, 6.45) is 13.6. The van der Waals surface area contributed by atoms with Crippen LogP contribution in [0.15, 0.2) is 25.3 Å². The molecule has 0 aromatic rings. The molecular weight excluding hydrogens is 264 g/mol. The van der Waals surface area contributed by atoms with Crippen LogP contribution in [0, 0.1) is 0 Å². The Morgan fingerprint density at radius 2 is 1.48 bits per heavy atom. The molecule has 0 aliphatic rings. The largest absolute Gasteiger partial charge is 0.464 e. The summed E-state index contributed by atoms with van der Waals surface area (Å²) in [6.45, 7) is 10.1. The highest BCUT2D eigenvalue weighted by Crippen LogP contribution is 2.09. The number of unbranched alkanes of at least 4 members (excludes halogenated alkanes) is 7. The number of rotatable bonds is 15. The Morgan fingerprint density at radius 3 is 2.10 bits per heavy atom. The molecule has 0 radical (unpaired) electrons. The number of hydrogen-bond acceptors (Lipinski definition) is 3. The second-order valence-electron chi connectivity index (χ2n) is 5.31. The second-order valence-corrected chi connectivity index (χ2v) is 5.31. The SMILES string of the molecule is C=CCCCCCCCCCOC(=O)C(C)OCCC=C. The smallest absolute Gasteiger partial charge is 0.334 e. The monoisotopic (exact) mass is 296 g/mol. The van der Waals surface area contributed by atoms with Gasteiger partial charge in [0.1, 0.15) is 0 Å². The summed E-state index contributed by atoms with van der Waals surface area (Å²) in [5.41, 5.74) is 0. The lowest BCUT2D eigenvalue weighted by atomic mass is 10.1. The van der Waals surface area contributed by atoms with Gasteiger partial charge in [-0.1, -0.05) is 44.3 Å². The van der Waals surface area contributed by atoms with Crippen molar-refractivity contribution in [1.82, 2.24) is 0 Å². The molecule has 1 atom stereocenters. The molecule has 0 saturated heterocycles. The zero-order valence-corrected chi connectivity index (χ0v) is 13.6. The van der Waals surface area contributed by atoms with Crippen molar-refractivity contribution < 1.29 is 14.3 Å². The van der Waals surface area contributed by atoms with Crippen molar-refractivity contribution in [3.05, 3.63) is 25.3 Å². The van der Waals surface area contributed by atoms with E-state index in [0.717, 1.165) is 25.7 Å². The van der Waals surface area contributed by atoms with Gasteiger partial charge in [0, 0.05) is 0 Å². The molecule has 0 N–H and O–H groups in total. The third kappa shape index (κ3) is 13.6. The molecule has 1 unspecified atom stereocenters. The van der Waals surface area contributed by atoms with Gasteiger partial charge in [0.2, 0.25) is 0 Å². The number of hydrogen-bond donors (Lipinski definition) is 0. The molecule has 0 aromatic carbocycles. The molecule has 0 aliphatic carbocycles. The van der Waals surface area contributed by atoms with E-state index >= 15 is 0 Å². The normalized spacial score (nSPS) is 11.9. The van der Waals surface area contributed by atoms with E-state index in [1.807, 2.05) is 6.08 Å². The minimum Gasteiger partial charge on any atom is -0.464 e. The molecule has 0 fully saturated rings. The van der Waals surface area contributed by atoms with E-state index in [1.54, 1.807) is 13.0 Å². The van der Waals surface area contributed by atoms with Gasteiger partial charge >= 0.3 is 5.97 Å². The molecule has 0 rings (SSSR count). The van der Waals surface area contributed by atoms with Gasteiger partial charge in [-0.2, -0.15) is 0 Å². The summed E-state index contributed by atoms with van der Waals surface area (Å²) in [5, 5.41) is 0. The predicted octanol–water partition coefficient (Wildman–Crippen LogP) is 4.82. The zero-order chi connectivity index (χ0) is 15.8. The van der Waals surface area contributed by atoms with Crippen LogP contribution in [-0.2, 0) is 14.3 Å². The van der Waals surface area contributed by atoms with E-state index in [2.05, 4.69) is 13.2 Å². The first-order chi connectivity index (χ1) is 10.2. The van der Waals surface area contributed by atoms with Crippen LogP contribution < -0.4 is 0 Å². The second kappa shape index (κ2) is 15.3. The van der Waals surface area contributed by atoms with Gasteiger partial charge in [-0.05, 0) is 32.6 Å². The predicted molar refractivity (Wildman–Crippen MR) is 88.3 cm³/mol. The van der Waals surface area contributed by atoms with Gasteiger partial charge in [-0.15, -0.1) is 13.2 Å². The maximum atomic E-state index is 11.6. The number of esters is 1. The van der Waals surface area contributed by atoms with Crippen LogP contribution in [0.5, 0.6) is 0 Å². The molecule has 0 heterocycles. The van der Waals surface area contributed by atoms with Gasteiger partial charge in [-0.25, -0.2) is 4.79 Å². The molecule has 0 saturated carbocycles. The fourth-order valence-corrected chi connectivity index (χ4v) is 1.96. The molecule has 122 valence electrons. The minimum atomic E-state index is -0.477. The zero-order valence-electron chi connectivity index (χ0n) is 13.6. The number of carbonyl (C=O) groups excluding carboxylic acids is 1. The van der Waals surface area contributed by atoms with Crippen LogP contribution in [-0.4, -0.2) is 25.3 Å². The first kappa shape index (κ1) is 19.9. The summed E-state index contributed by atoms with van der Waals surface area (Å²) in [5.74, 6) is -0.261. The Hall–Kier alpha value is -1.09. The summed E-state index contributed by atoms with van der Waals surface area (Å²) in [4.78, 5) is 11.6. The van der Waals surface area contributed by atoms with Gasteiger partial charge < -0.3 is 9.47 Å². The van der Waals surface area contributed by atoms with Crippen molar-refractivity contribution in [3.8, 4) is 0 Å². The molecule has 0 bridgehead atoms. The van der Waals surface area contributed by atoms with E-state index < -0.39 is 6.10 Å². The molecule has 3 nitrogen and oxygen atoms in total. The molecule has 0 aliphatic heterocycles. The van der Waals surface area contributed by atoms with Crippen LogP contribution in [0.4, 0.5) is 0 Å². The standard InChI is InChI=1S/C18H32O3/c1-4-6-8-9-10-11-12-13-14-16-21-18(19)17(3)20-15-7-5-2/h4-5,17H,1-2,6-16H2,3H3. The molecule has 21 heavy (non-hydrogen) atoms. The summed E-state index contributed by atoms with van der Waals surface area (Å²) in [6, 6.07) is 0. The summed E-state index contributed by atoms with van der Waals surface area (Å²) >= 11 is 0. The highest BCUT2D eigenvalue weighted by molar-refractivity contribution is 5.74.